The SMILES string of the molecule is CCCC(C1CNCC[N]1)n1c(C)nc(Cl)c1Cl. The third kappa shape index (κ3) is 2.82. The second-order valence-electron chi connectivity index (χ2n) is 4.64. The Labute approximate surface area is 118 Å². The quantitative estimate of drug-likeness (QED) is 0.925. The van der Waals surface area contributed by atoms with E-state index in [9.17, 15) is 0 Å². The maximum absolute atomic E-state index is 6.27. The van der Waals surface area contributed by atoms with Crippen molar-refractivity contribution in [3.05, 3.63) is 16.1 Å². The third-order valence-electron chi connectivity index (χ3n) is 3.36. The lowest BCUT2D eigenvalue weighted by atomic mass is 10.0. The van der Waals surface area contributed by atoms with E-state index < -0.39 is 0 Å². The number of imidazole rings is 1. The molecule has 1 aromatic rings. The van der Waals surface area contributed by atoms with Gasteiger partial charge in [0.2, 0.25) is 0 Å². The van der Waals surface area contributed by atoms with Gasteiger partial charge in [-0.3, -0.25) is 0 Å². The van der Waals surface area contributed by atoms with Crippen LogP contribution in [0.15, 0.2) is 0 Å². The first-order valence-electron chi connectivity index (χ1n) is 6.42. The zero-order valence-corrected chi connectivity index (χ0v) is 12.3. The largest absolute Gasteiger partial charge is 0.314 e. The van der Waals surface area contributed by atoms with Gasteiger partial charge in [0.1, 0.15) is 11.0 Å². The van der Waals surface area contributed by atoms with Crippen LogP contribution in [0.1, 0.15) is 31.6 Å². The summed E-state index contributed by atoms with van der Waals surface area (Å²) in [5.41, 5.74) is 0. The molecule has 1 aromatic heterocycles. The first kappa shape index (κ1) is 14.1. The van der Waals surface area contributed by atoms with E-state index >= 15 is 0 Å². The number of rotatable bonds is 4. The van der Waals surface area contributed by atoms with Crippen LogP contribution in [0.4, 0.5) is 0 Å². The maximum atomic E-state index is 6.27. The van der Waals surface area contributed by atoms with Crippen LogP contribution in [-0.4, -0.2) is 35.2 Å². The molecule has 1 radical (unpaired) electrons. The molecular formula is C12H19Cl2N4. The van der Waals surface area contributed by atoms with E-state index in [-0.39, 0.29) is 12.1 Å². The minimum Gasteiger partial charge on any atom is -0.314 e. The molecule has 18 heavy (non-hydrogen) atoms. The van der Waals surface area contributed by atoms with Gasteiger partial charge < -0.3 is 9.88 Å². The average Bonchev–Trinajstić information content (AvgIpc) is 2.62. The molecule has 0 aliphatic carbocycles. The van der Waals surface area contributed by atoms with Gasteiger partial charge in [0.15, 0.2) is 5.15 Å². The molecule has 1 aliphatic heterocycles. The molecule has 0 amide bonds. The fourth-order valence-corrected chi connectivity index (χ4v) is 3.04. The molecule has 0 aromatic carbocycles. The Morgan fingerprint density at radius 2 is 2.28 bits per heavy atom. The second kappa shape index (κ2) is 6.24. The predicted molar refractivity (Wildman–Crippen MR) is 74.6 cm³/mol. The minimum atomic E-state index is 0.246. The second-order valence-corrected chi connectivity index (χ2v) is 5.36. The fourth-order valence-electron chi connectivity index (χ4n) is 2.54. The van der Waals surface area contributed by atoms with Crippen molar-refractivity contribution in [3.8, 4) is 0 Å². The van der Waals surface area contributed by atoms with E-state index in [1.807, 2.05) is 11.5 Å². The van der Waals surface area contributed by atoms with Gasteiger partial charge in [-0.2, -0.15) is 0 Å². The Morgan fingerprint density at radius 1 is 1.50 bits per heavy atom. The van der Waals surface area contributed by atoms with Crippen LogP contribution in [-0.2, 0) is 0 Å². The lowest BCUT2D eigenvalue weighted by Crippen LogP contribution is -2.48. The molecule has 2 rings (SSSR count). The van der Waals surface area contributed by atoms with Crippen LogP contribution >= 0.6 is 23.2 Å². The number of hydrogen-bond acceptors (Lipinski definition) is 2. The van der Waals surface area contributed by atoms with Gasteiger partial charge >= 0.3 is 0 Å². The summed E-state index contributed by atoms with van der Waals surface area (Å²) in [5, 5.41) is 9.01. The summed E-state index contributed by atoms with van der Waals surface area (Å²) in [4.78, 5) is 4.24. The molecule has 1 aliphatic rings. The summed E-state index contributed by atoms with van der Waals surface area (Å²) in [5.74, 6) is 0.865. The molecule has 0 saturated carbocycles. The van der Waals surface area contributed by atoms with Crippen molar-refractivity contribution in [2.24, 2.45) is 0 Å². The predicted octanol–water partition coefficient (Wildman–Crippen LogP) is 2.42. The van der Waals surface area contributed by atoms with Crippen LogP contribution in [0.3, 0.4) is 0 Å². The van der Waals surface area contributed by atoms with E-state index in [1.165, 1.54) is 0 Å². The lowest BCUT2D eigenvalue weighted by Gasteiger charge is -2.32. The van der Waals surface area contributed by atoms with Crippen LogP contribution in [0.25, 0.3) is 0 Å². The zero-order chi connectivity index (χ0) is 13.1. The van der Waals surface area contributed by atoms with Crippen molar-refractivity contribution in [3.63, 3.8) is 0 Å². The van der Waals surface area contributed by atoms with Crippen LogP contribution in [0.2, 0.25) is 10.3 Å². The minimum absolute atomic E-state index is 0.246. The van der Waals surface area contributed by atoms with Gasteiger partial charge in [0.25, 0.3) is 0 Å². The van der Waals surface area contributed by atoms with Crippen molar-refractivity contribution >= 4 is 23.2 Å². The van der Waals surface area contributed by atoms with Crippen molar-refractivity contribution in [2.45, 2.75) is 38.8 Å². The first-order valence-corrected chi connectivity index (χ1v) is 7.17. The molecule has 0 bridgehead atoms. The number of nitrogens with zero attached hydrogens (tertiary/aromatic N) is 3. The van der Waals surface area contributed by atoms with Gasteiger partial charge in [0.05, 0.1) is 12.1 Å². The standard InChI is InChI=1S/C12H19Cl2N4/c1-3-4-10(9-7-15-5-6-16-9)18-8(2)17-11(13)12(18)14/h9-10,15H,3-7H2,1-2H3. The highest BCUT2D eigenvalue weighted by Gasteiger charge is 2.28. The lowest BCUT2D eigenvalue weighted by molar-refractivity contribution is 0.283. The van der Waals surface area contributed by atoms with E-state index in [1.54, 1.807) is 0 Å². The van der Waals surface area contributed by atoms with Crippen LogP contribution < -0.4 is 10.6 Å². The average molecular weight is 290 g/mol. The Kier molecular flexibility index (Phi) is 4.90. The molecule has 1 saturated heterocycles. The summed E-state index contributed by atoms with van der Waals surface area (Å²) in [6, 6.07) is 0.496. The van der Waals surface area contributed by atoms with Crippen LogP contribution in [0, 0.1) is 6.92 Å². The monoisotopic (exact) mass is 289 g/mol. The topological polar surface area (TPSA) is 44.0 Å². The number of halogens is 2. The highest BCUT2D eigenvalue weighted by atomic mass is 35.5. The number of aromatic nitrogens is 2. The van der Waals surface area contributed by atoms with E-state index in [0.717, 1.165) is 38.3 Å². The number of hydrogen-bond donors (Lipinski definition) is 1. The molecule has 1 N–H and O–H groups in total. The van der Waals surface area contributed by atoms with Crippen molar-refractivity contribution < 1.29 is 0 Å². The van der Waals surface area contributed by atoms with Gasteiger partial charge in [-0.15, -0.1) is 0 Å². The van der Waals surface area contributed by atoms with E-state index in [4.69, 9.17) is 28.5 Å². The molecule has 101 valence electrons. The smallest absolute Gasteiger partial charge is 0.166 e. The molecule has 6 heteroatoms. The zero-order valence-electron chi connectivity index (χ0n) is 10.8. The summed E-state index contributed by atoms with van der Waals surface area (Å²) in [7, 11) is 0. The van der Waals surface area contributed by atoms with Crippen molar-refractivity contribution in [1.82, 2.24) is 20.2 Å². The van der Waals surface area contributed by atoms with Crippen molar-refractivity contribution in [2.75, 3.05) is 19.6 Å². The van der Waals surface area contributed by atoms with Gasteiger partial charge in [-0.1, -0.05) is 36.5 Å². The number of nitrogens with one attached hydrogen (secondary N) is 1. The summed E-state index contributed by atoms with van der Waals surface area (Å²) < 4.78 is 2.04. The third-order valence-corrected chi connectivity index (χ3v) is 4.08. The van der Waals surface area contributed by atoms with Gasteiger partial charge in [-0.05, 0) is 13.3 Å². The Hall–Kier alpha value is -0.290. The molecule has 2 unspecified atom stereocenters. The number of aryl methyl sites for hydroxylation is 1. The van der Waals surface area contributed by atoms with Gasteiger partial charge in [-0.25, -0.2) is 10.3 Å². The van der Waals surface area contributed by atoms with E-state index in [0.29, 0.717) is 10.3 Å². The first-order chi connectivity index (χ1) is 8.65. The normalized spacial score (nSPS) is 22.1. The number of piperazine rings is 1. The highest BCUT2D eigenvalue weighted by molar-refractivity contribution is 6.40. The molecular weight excluding hydrogens is 271 g/mol. The van der Waals surface area contributed by atoms with Crippen molar-refractivity contribution in [1.29, 1.82) is 0 Å². The molecule has 2 atom stereocenters. The summed E-state index contributed by atoms with van der Waals surface area (Å²) in [6.07, 6.45) is 2.12. The maximum Gasteiger partial charge on any atom is 0.166 e. The van der Waals surface area contributed by atoms with Gasteiger partial charge in [0, 0.05) is 19.6 Å². The Balaban J connectivity index is 2.28. The molecule has 0 spiro atoms. The van der Waals surface area contributed by atoms with E-state index in [2.05, 4.69) is 17.2 Å². The van der Waals surface area contributed by atoms with Crippen LogP contribution in [0.5, 0.6) is 0 Å². The Morgan fingerprint density at radius 3 is 2.78 bits per heavy atom. The Bertz CT molecular complexity index is 399. The fraction of sp³-hybridized carbons (Fsp3) is 0.750. The summed E-state index contributed by atoms with van der Waals surface area (Å²) >= 11 is 12.3. The highest BCUT2D eigenvalue weighted by Crippen LogP contribution is 2.30. The molecule has 4 nitrogen and oxygen atoms in total. The summed E-state index contributed by atoms with van der Waals surface area (Å²) in [6.45, 7) is 6.84. The molecule has 2 heterocycles. The molecule has 1 fully saturated rings.